The number of nitrogens with zero attached hydrogens (tertiary/aromatic N) is 4. The zero-order valence-electron chi connectivity index (χ0n) is 22.7. The molecule has 2 aliphatic rings. The van der Waals surface area contributed by atoms with Gasteiger partial charge in [0.05, 0.1) is 37.5 Å². The van der Waals surface area contributed by atoms with Crippen LogP contribution in [0.3, 0.4) is 0 Å². The molecule has 0 radical (unpaired) electrons. The molecule has 5 rings (SSSR count). The molecule has 200 valence electrons. The molecule has 3 aromatic rings. The predicted molar refractivity (Wildman–Crippen MR) is 143 cm³/mol. The molecule has 0 spiro atoms. The highest BCUT2D eigenvalue weighted by molar-refractivity contribution is 5.96. The maximum Gasteiger partial charge on any atom is 0.254 e. The molecule has 0 saturated carbocycles. The molecule has 0 unspecified atom stereocenters. The molecule has 1 fully saturated rings. The van der Waals surface area contributed by atoms with Crippen LogP contribution in [0.25, 0.3) is 0 Å². The summed E-state index contributed by atoms with van der Waals surface area (Å²) in [7, 11) is 3.66. The Kier molecular flexibility index (Phi) is 7.23. The lowest BCUT2D eigenvalue weighted by atomic mass is 10.1. The molecule has 1 saturated heterocycles. The number of fused-ring (bicyclic) bond motifs is 5. The van der Waals surface area contributed by atoms with Crippen LogP contribution in [0.5, 0.6) is 11.5 Å². The quantitative estimate of drug-likeness (QED) is 0.562. The smallest absolute Gasteiger partial charge is 0.254 e. The van der Waals surface area contributed by atoms with Gasteiger partial charge in [-0.25, -0.2) is 4.98 Å². The summed E-state index contributed by atoms with van der Waals surface area (Å²) in [6, 6.07) is 12.9. The van der Waals surface area contributed by atoms with Crippen molar-refractivity contribution in [1.29, 1.82) is 0 Å². The molecule has 9 heteroatoms. The summed E-state index contributed by atoms with van der Waals surface area (Å²) in [5.41, 5.74) is 4.52. The lowest BCUT2D eigenvalue weighted by molar-refractivity contribution is -0.123. The molecule has 4 bridgehead atoms. The monoisotopic (exact) mass is 517 g/mol. The second-order valence-electron chi connectivity index (χ2n) is 10.4. The van der Waals surface area contributed by atoms with E-state index in [1.807, 2.05) is 51.2 Å². The van der Waals surface area contributed by atoms with Gasteiger partial charge in [-0.15, -0.1) is 0 Å². The van der Waals surface area contributed by atoms with Gasteiger partial charge in [0.1, 0.15) is 17.3 Å². The Morgan fingerprint density at radius 3 is 2.63 bits per heavy atom. The van der Waals surface area contributed by atoms with E-state index < -0.39 is 0 Å². The first-order valence-electron chi connectivity index (χ1n) is 12.9. The number of amides is 2. The first kappa shape index (κ1) is 25.9. The second-order valence-corrected chi connectivity index (χ2v) is 10.4. The summed E-state index contributed by atoms with van der Waals surface area (Å²) < 4.78 is 14.7. The average molecular weight is 518 g/mol. The van der Waals surface area contributed by atoms with E-state index in [1.165, 1.54) is 4.90 Å². The van der Waals surface area contributed by atoms with Gasteiger partial charge in [-0.2, -0.15) is 0 Å². The number of imidazole rings is 1. The number of ether oxygens (including phenoxy) is 2. The summed E-state index contributed by atoms with van der Waals surface area (Å²) in [6.45, 7) is 8.30. The van der Waals surface area contributed by atoms with Crippen molar-refractivity contribution in [3.8, 4) is 11.5 Å². The second kappa shape index (κ2) is 10.6. The van der Waals surface area contributed by atoms with Crippen LogP contribution in [0.15, 0.2) is 42.5 Å². The molecule has 9 nitrogen and oxygen atoms in total. The highest BCUT2D eigenvalue weighted by Crippen LogP contribution is 2.28. The van der Waals surface area contributed by atoms with Crippen LogP contribution < -0.4 is 10.1 Å². The average Bonchev–Trinajstić information content (AvgIpc) is 3.37. The third-order valence-corrected chi connectivity index (χ3v) is 7.52. The molecule has 38 heavy (non-hydrogen) atoms. The van der Waals surface area contributed by atoms with Crippen LogP contribution in [-0.4, -0.2) is 70.0 Å². The van der Waals surface area contributed by atoms with Crippen molar-refractivity contribution in [2.75, 3.05) is 26.7 Å². The van der Waals surface area contributed by atoms with Crippen LogP contribution >= 0.6 is 0 Å². The zero-order valence-corrected chi connectivity index (χ0v) is 22.7. The van der Waals surface area contributed by atoms with Gasteiger partial charge in [-0.05, 0) is 56.2 Å². The van der Waals surface area contributed by atoms with E-state index in [-0.39, 0.29) is 30.5 Å². The van der Waals surface area contributed by atoms with Crippen molar-refractivity contribution >= 4 is 11.8 Å². The van der Waals surface area contributed by atoms with Gasteiger partial charge in [-0.3, -0.25) is 14.5 Å². The molecule has 2 aromatic carbocycles. The van der Waals surface area contributed by atoms with Crippen molar-refractivity contribution in [3.05, 3.63) is 76.4 Å². The maximum absolute atomic E-state index is 13.1. The van der Waals surface area contributed by atoms with Crippen LogP contribution in [-0.2, 0) is 29.7 Å². The first-order valence-corrected chi connectivity index (χ1v) is 12.9. The number of hydrogen-bond donors (Lipinski definition) is 1. The topological polar surface area (TPSA) is 88.9 Å². The number of rotatable bonds is 2. The van der Waals surface area contributed by atoms with Crippen molar-refractivity contribution in [1.82, 2.24) is 24.7 Å². The maximum atomic E-state index is 13.1. The Hall–Kier alpha value is -3.69. The molecular formula is C29H35N5O4. The van der Waals surface area contributed by atoms with E-state index in [2.05, 4.69) is 21.7 Å². The number of hydrogen-bond acceptors (Lipinski definition) is 6. The molecule has 3 heterocycles. The predicted octanol–water partition coefficient (Wildman–Crippen LogP) is 3.11. The van der Waals surface area contributed by atoms with E-state index in [1.54, 1.807) is 19.2 Å². The Bertz CT molecular complexity index is 1370. The third kappa shape index (κ3) is 5.44. The molecule has 2 aliphatic heterocycles. The molecule has 2 atom stereocenters. The first-order chi connectivity index (χ1) is 18.2. The van der Waals surface area contributed by atoms with E-state index in [4.69, 9.17) is 14.5 Å². The zero-order chi connectivity index (χ0) is 27.0. The number of carbonyl (C=O) groups excluding carboxylic acids is 2. The van der Waals surface area contributed by atoms with Crippen molar-refractivity contribution < 1.29 is 19.1 Å². The summed E-state index contributed by atoms with van der Waals surface area (Å²) in [5, 5.41) is 3.13. The van der Waals surface area contributed by atoms with Gasteiger partial charge in [0.15, 0.2) is 0 Å². The van der Waals surface area contributed by atoms with Gasteiger partial charge < -0.3 is 24.3 Å². The fourth-order valence-corrected chi connectivity index (χ4v) is 5.05. The highest BCUT2D eigenvalue weighted by Gasteiger charge is 2.35. The van der Waals surface area contributed by atoms with Crippen molar-refractivity contribution in [2.24, 2.45) is 7.05 Å². The summed E-state index contributed by atoms with van der Waals surface area (Å²) >= 11 is 0. The Balaban J connectivity index is 1.41. The van der Waals surface area contributed by atoms with Crippen molar-refractivity contribution in [3.63, 3.8) is 0 Å². The standard InChI is InChI=1S/C29H35N5O4/c1-18-9-10-22-12-25(18)38-23-8-6-7-21(11-23)17-37-26-14-34(15-27-30-19(2)20(3)33(27)5)13-24(26)31-28(35)16-32(4)29(22)36/h6-12,24,26H,13-17H2,1-5H3,(H,31,35)/t24-,26-/m0/s1. The summed E-state index contributed by atoms with van der Waals surface area (Å²) in [4.78, 5) is 34.6. The van der Waals surface area contributed by atoms with E-state index in [0.29, 0.717) is 43.3 Å². The fourth-order valence-electron chi connectivity index (χ4n) is 5.05. The molecule has 1 aromatic heterocycles. The minimum absolute atomic E-state index is 0.0527. The SMILES string of the molecule is Cc1ccc2cc1Oc1cccc(c1)CO[C@H]1CN(Cc3nc(C)c(C)n3C)C[C@@H]1NC(=O)CN(C)C2=O. The normalized spacial score (nSPS) is 20.7. The molecule has 0 aliphatic carbocycles. The number of nitrogens with one attached hydrogen (secondary N) is 1. The molecular weight excluding hydrogens is 482 g/mol. The lowest BCUT2D eigenvalue weighted by Gasteiger charge is -2.23. The van der Waals surface area contributed by atoms with Gasteiger partial charge in [-0.1, -0.05) is 18.2 Å². The van der Waals surface area contributed by atoms with Gasteiger partial charge in [0.25, 0.3) is 5.91 Å². The van der Waals surface area contributed by atoms with Crippen LogP contribution in [0.4, 0.5) is 0 Å². The van der Waals surface area contributed by atoms with Crippen LogP contribution in [0, 0.1) is 20.8 Å². The van der Waals surface area contributed by atoms with Gasteiger partial charge >= 0.3 is 0 Å². The van der Waals surface area contributed by atoms with E-state index in [9.17, 15) is 9.59 Å². The molecule has 2 amide bonds. The number of likely N-dealkylation sites (tertiary alicyclic amines) is 1. The Labute approximate surface area is 223 Å². The van der Waals surface area contributed by atoms with Gasteiger partial charge in [0.2, 0.25) is 5.91 Å². The number of aromatic nitrogens is 2. The van der Waals surface area contributed by atoms with E-state index in [0.717, 1.165) is 28.3 Å². The van der Waals surface area contributed by atoms with Gasteiger partial charge in [0, 0.05) is 38.4 Å². The molecule has 1 N–H and O–H groups in total. The Morgan fingerprint density at radius 2 is 1.87 bits per heavy atom. The van der Waals surface area contributed by atoms with Crippen molar-refractivity contribution in [2.45, 2.75) is 46.1 Å². The van der Waals surface area contributed by atoms with E-state index >= 15 is 0 Å². The number of carbonyl (C=O) groups is 2. The number of benzene rings is 2. The fraction of sp³-hybridized carbons (Fsp3) is 0.414. The number of likely N-dealkylation sites (N-methyl/N-ethyl adjacent to an activating group) is 1. The summed E-state index contributed by atoms with van der Waals surface area (Å²) in [5.74, 6) is 1.80. The van der Waals surface area contributed by atoms with Crippen LogP contribution in [0.2, 0.25) is 0 Å². The largest absolute Gasteiger partial charge is 0.457 e. The van der Waals surface area contributed by atoms with Crippen LogP contribution in [0.1, 0.15) is 38.7 Å². The third-order valence-electron chi connectivity index (χ3n) is 7.52. The highest BCUT2D eigenvalue weighted by atomic mass is 16.5. The lowest BCUT2D eigenvalue weighted by Crippen LogP contribution is -2.48. The Morgan fingerprint density at radius 1 is 1.05 bits per heavy atom. The summed E-state index contributed by atoms with van der Waals surface area (Å²) in [6.07, 6.45) is -0.213. The minimum Gasteiger partial charge on any atom is -0.457 e. The minimum atomic E-state index is -0.243. The number of aryl methyl sites for hydroxylation is 2.